The Balaban J connectivity index is 1.42. The highest BCUT2D eigenvalue weighted by Gasteiger charge is 2.46. The van der Waals surface area contributed by atoms with Gasteiger partial charge in [0, 0.05) is 18.8 Å². The molecule has 7 heteroatoms. The SMILES string of the molecule is O=C1N[C@H]2C[C@@H]1N(C(=O)c1cnc3c(c1)ncn3Cc1ccccc1)C2. The molecule has 7 nitrogen and oxygen atoms in total. The van der Waals surface area contributed by atoms with Crippen molar-refractivity contribution in [1.29, 1.82) is 0 Å². The molecule has 0 radical (unpaired) electrons. The lowest BCUT2D eigenvalue weighted by molar-refractivity contribution is -0.124. The number of nitrogens with zero attached hydrogens (tertiary/aromatic N) is 4. The van der Waals surface area contributed by atoms with Gasteiger partial charge in [-0.3, -0.25) is 9.59 Å². The third-order valence-corrected chi connectivity index (χ3v) is 5.11. The van der Waals surface area contributed by atoms with Gasteiger partial charge in [-0.1, -0.05) is 30.3 Å². The largest absolute Gasteiger partial charge is 0.350 e. The number of likely N-dealkylation sites (tertiary alicyclic amines) is 1. The van der Waals surface area contributed by atoms with Gasteiger partial charge in [0.15, 0.2) is 5.65 Å². The van der Waals surface area contributed by atoms with E-state index in [1.165, 1.54) is 0 Å². The molecule has 2 saturated heterocycles. The number of hydrogen-bond donors (Lipinski definition) is 1. The number of rotatable bonds is 3. The Bertz CT molecular complexity index is 1010. The van der Waals surface area contributed by atoms with Gasteiger partial charge in [0.25, 0.3) is 5.91 Å². The molecule has 2 aliphatic rings. The molecule has 0 unspecified atom stereocenters. The van der Waals surface area contributed by atoms with E-state index in [0.29, 0.717) is 30.6 Å². The molecule has 2 bridgehead atoms. The van der Waals surface area contributed by atoms with E-state index in [4.69, 9.17) is 0 Å². The van der Waals surface area contributed by atoms with Crippen molar-refractivity contribution >= 4 is 23.0 Å². The summed E-state index contributed by atoms with van der Waals surface area (Å²) in [6, 6.07) is 11.6. The number of benzene rings is 1. The van der Waals surface area contributed by atoms with Crippen LogP contribution in [-0.4, -0.2) is 49.9 Å². The molecule has 26 heavy (non-hydrogen) atoms. The standard InChI is InChI=1S/C19H17N5O2/c25-18-16-7-14(22-18)10-24(16)19(26)13-6-15-17(20-8-13)23(11-21-15)9-12-4-2-1-3-5-12/h1-6,8,11,14,16H,7,9-10H2,(H,22,25)/t14-,16-/m0/s1. The van der Waals surface area contributed by atoms with Gasteiger partial charge in [0.2, 0.25) is 5.91 Å². The van der Waals surface area contributed by atoms with Crippen LogP contribution in [0.4, 0.5) is 0 Å². The molecular weight excluding hydrogens is 330 g/mol. The summed E-state index contributed by atoms with van der Waals surface area (Å²) in [5, 5.41) is 2.88. The minimum absolute atomic E-state index is 0.0595. The molecule has 5 rings (SSSR count). The summed E-state index contributed by atoms with van der Waals surface area (Å²) in [6.45, 7) is 1.24. The van der Waals surface area contributed by atoms with Gasteiger partial charge in [0.1, 0.15) is 11.6 Å². The highest BCUT2D eigenvalue weighted by Crippen LogP contribution is 2.26. The maximum absolute atomic E-state index is 12.8. The Kier molecular flexibility index (Phi) is 3.28. The summed E-state index contributed by atoms with van der Waals surface area (Å²) in [5.74, 6) is -0.213. The van der Waals surface area contributed by atoms with Gasteiger partial charge < -0.3 is 14.8 Å². The molecule has 2 amide bonds. The first-order valence-corrected chi connectivity index (χ1v) is 8.65. The van der Waals surface area contributed by atoms with E-state index in [2.05, 4.69) is 27.4 Å². The lowest BCUT2D eigenvalue weighted by atomic mass is 10.2. The molecule has 2 fully saturated rings. The molecule has 0 saturated carbocycles. The number of hydrogen-bond acceptors (Lipinski definition) is 4. The lowest BCUT2D eigenvalue weighted by Gasteiger charge is -2.26. The number of fused-ring (bicyclic) bond motifs is 3. The van der Waals surface area contributed by atoms with Crippen LogP contribution < -0.4 is 5.32 Å². The minimum atomic E-state index is -0.348. The number of pyridine rings is 1. The van der Waals surface area contributed by atoms with Crippen molar-refractivity contribution in [2.75, 3.05) is 6.54 Å². The number of aromatic nitrogens is 3. The Morgan fingerprint density at radius 3 is 2.85 bits per heavy atom. The van der Waals surface area contributed by atoms with E-state index in [-0.39, 0.29) is 23.9 Å². The van der Waals surface area contributed by atoms with Gasteiger partial charge >= 0.3 is 0 Å². The molecule has 130 valence electrons. The Morgan fingerprint density at radius 1 is 1.23 bits per heavy atom. The maximum atomic E-state index is 12.8. The fraction of sp³-hybridized carbons (Fsp3) is 0.263. The minimum Gasteiger partial charge on any atom is -0.350 e. The summed E-state index contributed by atoms with van der Waals surface area (Å²) in [5.41, 5.74) is 3.06. The second-order valence-electron chi connectivity index (χ2n) is 6.84. The smallest absolute Gasteiger partial charge is 0.256 e. The molecule has 3 aromatic rings. The number of nitrogens with one attached hydrogen (secondary N) is 1. The normalized spacial score (nSPS) is 21.4. The number of carbonyl (C=O) groups excluding carboxylic acids is 2. The summed E-state index contributed by atoms with van der Waals surface area (Å²) in [4.78, 5) is 35.1. The highest BCUT2D eigenvalue weighted by molar-refractivity contribution is 6.00. The Hall–Kier alpha value is -3.22. The summed E-state index contributed by atoms with van der Waals surface area (Å²) in [6.07, 6.45) is 4.02. The third kappa shape index (κ3) is 2.35. The van der Waals surface area contributed by atoms with E-state index in [1.54, 1.807) is 23.5 Å². The molecule has 2 aliphatic heterocycles. The Morgan fingerprint density at radius 2 is 2.08 bits per heavy atom. The topological polar surface area (TPSA) is 80.1 Å². The molecule has 0 aliphatic carbocycles. The Labute approximate surface area is 149 Å². The van der Waals surface area contributed by atoms with Crippen LogP contribution in [0.5, 0.6) is 0 Å². The van der Waals surface area contributed by atoms with Gasteiger partial charge in [0.05, 0.1) is 18.4 Å². The van der Waals surface area contributed by atoms with Crippen LogP contribution in [0.2, 0.25) is 0 Å². The molecule has 1 aromatic carbocycles. The summed E-state index contributed by atoms with van der Waals surface area (Å²) in [7, 11) is 0. The number of piperazine rings is 1. The quantitative estimate of drug-likeness (QED) is 0.772. The van der Waals surface area contributed by atoms with E-state index in [1.807, 2.05) is 22.8 Å². The van der Waals surface area contributed by atoms with Crippen molar-refractivity contribution in [2.45, 2.75) is 25.0 Å². The molecule has 1 N–H and O–H groups in total. The predicted molar refractivity (Wildman–Crippen MR) is 94.4 cm³/mol. The average molecular weight is 347 g/mol. The van der Waals surface area contributed by atoms with Gasteiger partial charge in [-0.25, -0.2) is 9.97 Å². The molecule has 2 atom stereocenters. The van der Waals surface area contributed by atoms with Gasteiger partial charge in [-0.2, -0.15) is 0 Å². The zero-order valence-corrected chi connectivity index (χ0v) is 14.0. The van der Waals surface area contributed by atoms with Crippen molar-refractivity contribution < 1.29 is 9.59 Å². The monoisotopic (exact) mass is 347 g/mol. The van der Waals surface area contributed by atoms with Crippen LogP contribution in [0.15, 0.2) is 48.9 Å². The molecular formula is C19H17N5O2. The number of imidazole rings is 1. The van der Waals surface area contributed by atoms with Crippen LogP contribution >= 0.6 is 0 Å². The van der Waals surface area contributed by atoms with Gasteiger partial charge in [-0.05, 0) is 18.1 Å². The summed E-state index contributed by atoms with van der Waals surface area (Å²) < 4.78 is 1.96. The van der Waals surface area contributed by atoms with E-state index < -0.39 is 0 Å². The van der Waals surface area contributed by atoms with Crippen molar-refractivity contribution in [3.8, 4) is 0 Å². The van der Waals surface area contributed by atoms with Crippen LogP contribution in [-0.2, 0) is 11.3 Å². The van der Waals surface area contributed by atoms with E-state index >= 15 is 0 Å². The first-order chi connectivity index (χ1) is 12.7. The number of amides is 2. The third-order valence-electron chi connectivity index (χ3n) is 5.11. The predicted octanol–water partition coefficient (Wildman–Crippen LogP) is 1.19. The number of carbonyl (C=O) groups is 2. The van der Waals surface area contributed by atoms with Crippen LogP contribution in [0.25, 0.3) is 11.2 Å². The van der Waals surface area contributed by atoms with Crippen LogP contribution in [0, 0.1) is 0 Å². The van der Waals surface area contributed by atoms with Crippen molar-refractivity contribution in [1.82, 2.24) is 24.8 Å². The van der Waals surface area contributed by atoms with Gasteiger partial charge in [-0.15, -0.1) is 0 Å². The van der Waals surface area contributed by atoms with E-state index in [9.17, 15) is 9.59 Å². The van der Waals surface area contributed by atoms with Crippen molar-refractivity contribution in [2.24, 2.45) is 0 Å². The fourth-order valence-electron chi connectivity index (χ4n) is 3.84. The molecule has 0 spiro atoms. The molecule has 4 heterocycles. The average Bonchev–Trinajstić information content (AvgIpc) is 3.35. The first kappa shape index (κ1) is 15.1. The second-order valence-corrected chi connectivity index (χ2v) is 6.84. The maximum Gasteiger partial charge on any atom is 0.256 e. The van der Waals surface area contributed by atoms with E-state index in [0.717, 1.165) is 11.2 Å². The van der Waals surface area contributed by atoms with Crippen LogP contribution in [0.3, 0.4) is 0 Å². The highest BCUT2D eigenvalue weighted by atomic mass is 16.2. The second kappa shape index (κ2) is 5.66. The molecule has 2 aromatic heterocycles. The van der Waals surface area contributed by atoms with Crippen molar-refractivity contribution in [3.05, 3.63) is 60.0 Å². The lowest BCUT2D eigenvalue weighted by Crippen LogP contribution is -2.50. The van der Waals surface area contributed by atoms with Crippen molar-refractivity contribution in [3.63, 3.8) is 0 Å². The zero-order valence-electron chi connectivity index (χ0n) is 14.0. The fourth-order valence-corrected chi connectivity index (χ4v) is 3.84. The zero-order chi connectivity index (χ0) is 17.7. The van der Waals surface area contributed by atoms with Crippen LogP contribution in [0.1, 0.15) is 22.3 Å². The summed E-state index contributed by atoms with van der Waals surface area (Å²) >= 11 is 0. The first-order valence-electron chi connectivity index (χ1n) is 8.65.